The second-order valence-corrected chi connectivity index (χ2v) is 5.74. The largest absolute Gasteiger partial charge is 0.351 e. The van der Waals surface area contributed by atoms with Crippen LogP contribution in [-0.2, 0) is 4.79 Å². The van der Waals surface area contributed by atoms with E-state index in [0.717, 1.165) is 31.4 Å². The minimum absolute atomic E-state index is 0.0611. The highest BCUT2D eigenvalue weighted by molar-refractivity contribution is 5.94. The quantitative estimate of drug-likeness (QED) is 0.912. The van der Waals surface area contributed by atoms with E-state index in [4.69, 9.17) is 0 Å². The number of rotatable bonds is 3. The lowest BCUT2D eigenvalue weighted by molar-refractivity contribution is -0.128. The highest BCUT2D eigenvalue weighted by Crippen LogP contribution is 2.26. The van der Waals surface area contributed by atoms with Crippen molar-refractivity contribution >= 4 is 11.8 Å². The first-order chi connectivity index (χ1) is 9.74. The Morgan fingerprint density at radius 3 is 2.50 bits per heavy atom. The van der Waals surface area contributed by atoms with Crippen molar-refractivity contribution < 1.29 is 9.59 Å². The number of benzene rings is 1. The van der Waals surface area contributed by atoms with Gasteiger partial charge in [0, 0.05) is 30.6 Å². The normalized spacial score (nSPS) is 22.4. The molecule has 20 heavy (non-hydrogen) atoms. The predicted octanol–water partition coefficient (Wildman–Crippen LogP) is 1.82. The van der Waals surface area contributed by atoms with Gasteiger partial charge in [0.05, 0.1) is 0 Å². The molecule has 1 aromatic rings. The molecule has 4 heteroatoms. The number of hydrogen-bond acceptors (Lipinski definition) is 2. The summed E-state index contributed by atoms with van der Waals surface area (Å²) >= 11 is 0. The molecular formula is C16H20N2O2. The summed E-state index contributed by atoms with van der Waals surface area (Å²) in [6, 6.07) is 9.45. The van der Waals surface area contributed by atoms with Crippen molar-refractivity contribution in [1.82, 2.24) is 10.2 Å². The van der Waals surface area contributed by atoms with Gasteiger partial charge in [-0.3, -0.25) is 9.59 Å². The van der Waals surface area contributed by atoms with Crippen molar-refractivity contribution in [1.29, 1.82) is 0 Å². The van der Waals surface area contributed by atoms with Crippen LogP contribution in [-0.4, -0.2) is 35.8 Å². The number of likely N-dealkylation sites (tertiary alicyclic amines) is 1. The van der Waals surface area contributed by atoms with Gasteiger partial charge in [0.1, 0.15) is 0 Å². The monoisotopic (exact) mass is 272 g/mol. The minimum Gasteiger partial charge on any atom is -0.351 e. The van der Waals surface area contributed by atoms with Crippen LogP contribution < -0.4 is 5.32 Å². The molecule has 0 bridgehead atoms. The molecule has 4 nitrogen and oxygen atoms in total. The molecule has 106 valence electrons. The lowest BCUT2D eigenvalue weighted by Crippen LogP contribution is -2.43. The lowest BCUT2D eigenvalue weighted by atomic mass is 9.84. The van der Waals surface area contributed by atoms with E-state index in [1.54, 1.807) is 0 Å². The smallest absolute Gasteiger partial charge is 0.253 e. The summed E-state index contributed by atoms with van der Waals surface area (Å²) in [5.74, 6) is 0.454. The summed E-state index contributed by atoms with van der Waals surface area (Å²) in [5.41, 5.74) is 0.721. The fourth-order valence-corrected chi connectivity index (χ4v) is 2.82. The average molecular weight is 272 g/mol. The SMILES string of the molecule is O=C(NC1CCN(C(=O)c2ccccc2)C1)C1CCC1. The van der Waals surface area contributed by atoms with Crippen molar-refractivity contribution in [2.75, 3.05) is 13.1 Å². The standard InChI is InChI=1S/C16H20N2O2/c19-15(12-7-4-8-12)17-14-9-10-18(11-14)16(20)13-5-2-1-3-6-13/h1-3,5-6,12,14H,4,7-11H2,(H,17,19). The molecule has 2 aliphatic rings. The van der Waals surface area contributed by atoms with Gasteiger partial charge in [-0.2, -0.15) is 0 Å². The number of hydrogen-bond donors (Lipinski definition) is 1. The first-order valence-electron chi connectivity index (χ1n) is 7.39. The maximum absolute atomic E-state index is 12.3. The topological polar surface area (TPSA) is 49.4 Å². The molecule has 1 saturated carbocycles. The molecule has 0 spiro atoms. The van der Waals surface area contributed by atoms with Crippen LogP contribution in [0.25, 0.3) is 0 Å². The van der Waals surface area contributed by atoms with Gasteiger partial charge < -0.3 is 10.2 Å². The van der Waals surface area contributed by atoms with E-state index in [2.05, 4.69) is 5.32 Å². The van der Waals surface area contributed by atoms with Crippen molar-refractivity contribution in [3.8, 4) is 0 Å². The molecular weight excluding hydrogens is 252 g/mol. The summed E-state index contributed by atoms with van der Waals surface area (Å²) in [4.78, 5) is 26.0. The molecule has 0 radical (unpaired) electrons. The highest BCUT2D eigenvalue weighted by atomic mass is 16.2. The Kier molecular flexibility index (Phi) is 3.72. The van der Waals surface area contributed by atoms with Gasteiger partial charge in [0.15, 0.2) is 0 Å². The molecule has 1 N–H and O–H groups in total. The molecule has 2 fully saturated rings. The van der Waals surface area contributed by atoms with E-state index in [0.29, 0.717) is 6.54 Å². The van der Waals surface area contributed by atoms with Crippen LogP contribution in [0.2, 0.25) is 0 Å². The van der Waals surface area contributed by atoms with Crippen molar-refractivity contribution in [2.45, 2.75) is 31.7 Å². The van der Waals surface area contributed by atoms with Gasteiger partial charge in [-0.1, -0.05) is 24.6 Å². The Bertz CT molecular complexity index is 496. The molecule has 1 aliphatic carbocycles. The third-order valence-corrected chi connectivity index (χ3v) is 4.32. The molecule has 1 unspecified atom stereocenters. The molecule has 1 aliphatic heterocycles. The maximum Gasteiger partial charge on any atom is 0.253 e. The van der Waals surface area contributed by atoms with E-state index >= 15 is 0 Å². The van der Waals surface area contributed by atoms with Crippen LogP contribution in [0.1, 0.15) is 36.0 Å². The van der Waals surface area contributed by atoms with E-state index in [9.17, 15) is 9.59 Å². The number of amides is 2. The molecule has 0 aromatic heterocycles. The summed E-state index contributed by atoms with van der Waals surface area (Å²) in [6.07, 6.45) is 4.06. The van der Waals surface area contributed by atoms with Gasteiger partial charge in [0.25, 0.3) is 5.91 Å². The molecule has 2 amide bonds. The Morgan fingerprint density at radius 2 is 1.85 bits per heavy atom. The van der Waals surface area contributed by atoms with Crippen LogP contribution in [0.4, 0.5) is 0 Å². The summed E-state index contributed by atoms with van der Waals surface area (Å²) < 4.78 is 0. The van der Waals surface area contributed by atoms with E-state index in [1.165, 1.54) is 6.42 Å². The van der Waals surface area contributed by atoms with Gasteiger partial charge in [0.2, 0.25) is 5.91 Å². The van der Waals surface area contributed by atoms with Crippen LogP contribution in [0.15, 0.2) is 30.3 Å². The third-order valence-electron chi connectivity index (χ3n) is 4.32. The number of carbonyl (C=O) groups excluding carboxylic acids is 2. The zero-order chi connectivity index (χ0) is 13.9. The lowest BCUT2D eigenvalue weighted by Gasteiger charge is -2.26. The number of nitrogens with zero attached hydrogens (tertiary/aromatic N) is 1. The summed E-state index contributed by atoms with van der Waals surface area (Å²) in [5, 5.41) is 3.08. The molecule has 1 heterocycles. The van der Waals surface area contributed by atoms with Crippen LogP contribution >= 0.6 is 0 Å². The fraction of sp³-hybridized carbons (Fsp3) is 0.500. The second-order valence-electron chi connectivity index (χ2n) is 5.74. The Balaban J connectivity index is 1.54. The highest BCUT2D eigenvalue weighted by Gasteiger charge is 2.31. The van der Waals surface area contributed by atoms with Gasteiger partial charge in [-0.15, -0.1) is 0 Å². The van der Waals surface area contributed by atoms with Crippen molar-refractivity contribution in [2.24, 2.45) is 5.92 Å². The Hall–Kier alpha value is -1.84. The third kappa shape index (κ3) is 2.69. The van der Waals surface area contributed by atoms with E-state index < -0.39 is 0 Å². The van der Waals surface area contributed by atoms with E-state index in [-0.39, 0.29) is 23.8 Å². The second kappa shape index (κ2) is 5.65. The van der Waals surface area contributed by atoms with Crippen LogP contribution in [0.3, 0.4) is 0 Å². The van der Waals surface area contributed by atoms with Crippen molar-refractivity contribution in [3.63, 3.8) is 0 Å². The first-order valence-corrected chi connectivity index (χ1v) is 7.39. The minimum atomic E-state index is 0.0611. The number of carbonyl (C=O) groups is 2. The van der Waals surface area contributed by atoms with Gasteiger partial charge >= 0.3 is 0 Å². The fourth-order valence-electron chi connectivity index (χ4n) is 2.82. The molecule has 3 rings (SSSR count). The molecule has 1 aromatic carbocycles. The average Bonchev–Trinajstić information content (AvgIpc) is 2.85. The van der Waals surface area contributed by atoms with Crippen molar-refractivity contribution in [3.05, 3.63) is 35.9 Å². The summed E-state index contributed by atoms with van der Waals surface area (Å²) in [6.45, 7) is 1.36. The number of nitrogens with one attached hydrogen (secondary N) is 1. The van der Waals surface area contributed by atoms with Gasteiger partial charge in [-0.05, 0) is 31.4 Å². The van der Waals surface area contributed by atoms with E-state index in [1.807, 2.05) is 35.2 Å². The summed E-state index contributed by atoms with van der Waals surface area (Å²) in [7, 11) is 0. The van der Waals surface area contributed by atoms with Crippen LogP contribution in [0, 0.1) is 5.92 Å². The predicted molar refractivity (Wildman–Crippen MR) is 76.2 cm³/mol. The Labute approximate surface area is 119 Å². The zero-order valence-corrected chi connectivity index (χ0v) is 11.5. The molecule has 1 saturated heterocycles. The van der Waals surface area contributed by atoms with Gasteiger partial charge in [-0.25, -0.2) is 0 Å². The maximum atomic E-state index is 12.3. The Morgan fingerprint density at radius 1 is 1.10 bits per heavy atom. The molecule has 1 atom stereocenters. The van der Waals surface area contributed by atoms with Crippen LogP contribution in [0.5, 0.6) is 0 Å². The first kappa shape index (κ1) is 13.2. The zero-order valence-electron chi connectivity index (χ0n) is 11.5.